The molecule has 3 heteroatoms. The summed E-state index contributed by atoms with van der Waals surface area (Å²) in [6.07, 6.45) is 5.91. The lowest BCUT2D eigenvalue weighted by Crippen LogP contribution is -2.48. The van der Waals surface area contributed by atoms with Gasteiger partial charge in [0.05, 0.1) is 0 Å². The van der Waals surface area contributed by atoms with Crippen molar-refractivity contribution in [2.24, 2.45) is 17.8 Å². The molecule has 0 spiro atoms. The van der Waals surface area contributed by atoms with E-state index in [2.05, 4.69) is 37.6 Å². The minimum atomic E-state index is 0. The fourth-order valence-electron chi connectivity index (χ4n) is 3.17. The van der Waals surface area contributed by atoms with Crippen LogP contribution < -0.4 is 6.15 Å². The highest BCUT2D eigenvalue weighted by molar-refractivity contribution is 5.00. The molecule has 3 fully saturated rings. The van der Waals surface area contributed by atoms with Gasteiger partial charge >= 0.3 is 0 Å². The number of rotatable bonds is 2. The van der Waals surface area contributed by atoms with Crippen LogP contribution in [0.3, 0.4) is 0 Å². The van der Waals surface area contributed by atoms with Crippen LogP contribution >= 0.6 is 0 Å². The zero-order valence-electron chi connectivity index (χ0n) is 13.6. The molecule has 2 aliphatic carbocycles. The average molecular weight is 269 g/mol. The highest BCUT2D eigenvalue weighted by atomic mass is 15.3. The Bertz CT molecular complexity index is 236. The molecule has 1 saturated heterocycles. The molecule has 0 amide bonds. The Labute approximate surface area is 120 Å². The molecule has 2 saturated carbocycles. The highest BCUT2D eigenvalue weighted by Gasteiger charge is 2.47. The molecule has 114 valence electrons. The summed E-state index contributed by atoms with van der Waals surface area (Å²) in [5, 5.41) is 0. The number of nitrogens with zero attached hydrogens (tertiary/aromatic N) is 2. The summed E-state index contributed by atoms with van der Waals surface area (Å²) in [6.45, 7) is 11.9. The van der Waals surface area contributed by atoms with E-state index in [1.165, 1.54) is 45.4 Å². The molecule has 1 aliphatic heterocycles. The topological polar surface area (TPSA) is 41.5 Å². The minimum Gasteiger partial charge on any atom is -0.344 e. The van der Waals surface area contributed by atoms with Gasteiger partial charge < -0.3 is 11.1 Å². The molecule has 0 radical (unpaired) electrons. The Morgan fingerprint density at radius 2 is 1.42 bits per heavy atom. The van der Waals surface area contributed by atoms with E-state index in [0.29, 0.717) is 0 Å². The van der Waals surface area contributed by atoms with Gasteiger partial charge in [-0.15, -0.1) is 0 Å². The molecule has 3 rings (SSSR count). The van der Waals surface area contributed by atoms with Gasteiger partial charge in [0, 0.05) is 32.2 Å². The zero-order valence-corrected chi connectivity index (χ0v) is 13.6. The quantitative estimate of drug-likeness (QED) is 0.836. The molecular formula is C16H35N3. The molecule has 3 nitrogen and oxygen atoms in total. The monoisotopic (exact) mass is 269 g/mol. The van der Waals surface area contributed by atoms with E-state index in [1.807, 2.05) is 0 Å². The van der Waals surface area contributed by atoms with Crippen molar-refractivity contribution >= 4 is 0 Å². The number of hydrogen-bond donors (Lipinski definition) is 1. The first-order valence-electron chi connectivity index (χ1n) is 8.02. The first-order chi connectivity index (χ1) is 8.60. The summed E-state index contributed by atoms with van der Waals surface area (Å²) >= 11 is 0. The molecule has 1 unspecified atom stereocenters. The summed E-state index contributed by atoms with van der Waals surface area (Å²) in [4.78, 5) is 5.19. The zero-order chi connectivity index (χ0) is 13.1. The third kappa shape index (κ3) is 5.05. The van der Waals surface area contributed by atoms with Crippen LogP contribution in [0.25, 0.3) is 0 Å². The maximum absolute atomic E-state index is 2.74. The van der Waals surface area contributed by atoms with Crippen molar-refractivity contribution in [2.45, 2.75) is 52.5 Å². The van der Waals surface area contributed by atoms with Gasteiger partial charge in [-0.1, -0.05) is 27.2 Å². The first kappa shape index (κ1) is 16.9. The molecule has 19 heavy (non-hydrogen) atoms. The van der Waals surface area contributed by atoms with Crippen LogP contribution in [0.5, 0.6) is 0 Å². The normalized spacial score (nSPS) is 34.3. The fraction of sp³-hybridized carbons (Fsp3) is 1.00. The first-order valence-corrected chi connectivity index (χ1v) is 8.02. The predicted molar refractivity (Wildman–Crippen MR) is 83.8 cm³/mol. The van der Waals surface area contributed by atoms with Crippen LogP contribution in [0.1, 0.15) is 46.5 Å². The van der Waals surface area contributed by atoms with Crippen molar-refractivity contribution in [1.29, 1.82) is 0 Å². The largest absolute Gasteiger partial charge is 0.344 e. The Morgan fingerprint density at radius 1 is 0.947 bits per heavy atom. The van der Waals surface area contributed by atoms with Gasteiger partial charge in [-0.3, -0.25) is 4.90 Å². The van der Waals surface area contributed by atoms with E-state index < -0.39 is 0 Å². The standard InChI is InChI=1S/C11H20N2.C5H12.H3N/c1-12-2-4-13(5-3-12)11-7-9-6-10(9)8-11;1-4-5(2)3;/h9-11H,2-8H2,1H3;5H,4H2,1-3H3;1H3/t9-,10+,11?;;. The van der Waals surface area contributed by atoms with Crippen molar-refractivity contribution < 1.29 is 0 Å². The molecule has 0 aromatic rings. The van der Waals surface area contributed by atoms with Crippen LogP contribution in [0, 0.1) is 17.8 Å². The second-order valence-corrected chi connectivity index (χ2v) is 7.02. The van der Waals surface area contributed by atoms with Gasteiger partial charge in [-0.2, -0.15) is 0 Å². The second-order valence-electron chi connectivity index (χ2n) is 7.02. The SMILES string of the molecule is CCC(C)C.CN1CCN(C2C[C@@H]3C[C@@H]3C2)CC1.N. The van der Waals surface area contributed by atoms with Crippen molar-refractivity contribution in [1.82, 2.24) is 16.0 Å². The summed E-state index contributed by atoms with van der Waals surface area (Å²) in [5.41, 5.74) is 0. The highest BCUT2D eigenvalue weighted by Crippen LogP contribution is 2.53. The van der Waals surface area contributed by atoms with Crippen LogP contribution in [0.15, 0.2) is 0 Å². The Kier molecular flexibility index (Phi) is 6.78. The van der Waals surface area contributed by atoms with Gasteiger partial charge in [0.2, 0.25) is 0 Å². The predicted octanol–water partition coefficient (Wildman–Crippen LogP) is 3.25. The lowest BCUT2D eigenvalue weighted by atomic mass is 10.1. The van der Waals surface area contributed by atoms with E-state index in [4.69, 9.17) is 0 Å². The van der Waals surface area contributed by atoms with Gasteiger partial charge in [0.1, 0.15) is 0 Å². The van der Waals surface area contributed by atoms with Crippen LogP contribution in [-0.2, 0) is 0 Å². The Morgan fingerprint density at radius 3 is 1.84 bits per heavy atom. The molecular weight excluding hydrogens is 234 g/mol. The molecule has 0 aromatic carbocycles. The lowest BCUT2D eigenvalue weighted by Gasteiger charge is -2.37. The van der Waals surface area contributed by atoms with E-state index in [1.54, 1.807) is 6.42 Å². The maximum atomic E-state index is 2.74. The Hall–Kier alpha value is -0.120. The number of piperazine rings is 1. The minimum absolute atomic E-state index is 0. The molecule has 3 N–H and O–H groups in total. The average Bonchev–Trinajstić information content (AvgIpc) is 2.98. The number of likely N-dealkylation sites (N-methyl/N-ethyl adjacent to an activating group) is 1. The molecule has 3 aliphatic rings. The van der Waals surface area contributed by atoms with E-state index in [0.717, 1.165) is 23.8 Å². The lowest BCUT2D eigenvalue weighted by molar-refractivity contribution is 0.108. The van der Waals surface area contributed by atoms with Crippen molar-refractivity contribution in [3.8, 4) is 0 Å². The number of fused-ring (bicyclic) bond motifs is 1. The summed E-state index contributed by atoms with van der Waals surface area (Å²) in [7, 11) is 2.24. The van der Waals surface area contributed by atoms with Crippen molar-refractivity contribution in [2.75, 3.05) is 33.2 Å². The fourth-order valence-corrected chi connectivity index (χ4v) is 3.17. The van der Waals surface area contributed by atoms with Crippen LogP contribution in [-0.4, -0.2) is 49.1 Å². The third-order valence-electron chi connectivity index (χ3n) is 5.09. The maximum Gasteiger partial charge on any atom is 0.0113 e. The summed E-state index contributed by atoms with van der Waals surface area (Å²) in [6, 6.07) is 0.970. The van der Waals surface area contributed by atoms with E-state index in [-0.39, 0.29) is 6.15 Å². The van der Waals surface area contributed by atoms with Crippen molar-refractivity contribution in [3.05, 3.63) is 0 Å². The van der Waals surface area contributed by atoms with Crippen LogP contribution in [0.4, 0.5) is 0 Å². The summed E-state index contributed by atoms with van der Waals surface area (Å²) in [5.74, 6) is 3.17. The molecule has 0 bridgehead atoms. The third-order valence-corrected chi connectivity index (χ3v) is 5.09. The van der Waals surface area contributed by atoms with Gasteiger partial charge in [0.15, 0.2) is 0 Å². The molecule has 3 atom stereocenters. The smallest absolute Gasteiger partial charge is 0.0113 e. The van der Waals surface area contributed by atoms with Crippen molar-refractivity contribution in [3.63, 3.8) is 0 Å². The van der Waals surface area contributed by atoms with Gasteiger partial charge in [-0.05, 0) is 44.1 Å². The second kappa shape index (κ2) is 7.61. The van der Waals surface area contributed by atoms with Crippen LogP contribution in [0.2, 0.25) is 0 Å². The molecule has 1 heterocycles. The Balaban J connectivity index is 0.000000265. The van der Waals surface area contributed by atoms with Gasteiger partial charge in [-0.25, -0.2) is 0 Å². The molecule has 0 aromatic heterocycles. The summed E-state index contributed by atoms with van der Waals surface area (Å²) < 4.78 is 0. The van der Waals surface area contributed by atoms with E-state index in [9.17, 15) is 0 Å². The van der Waals surface area contributed by atoms with Gasteiger partial charge in [0.25, 0.3) is 0 Å². The number of hydrogen-bond acceptors (Lipinski definition) is 3. The van der Waals surface area contributed by atoms with E-state index >= 15 is 0 Å².